The molecule has 4 heterocycles. The first kappa shape index (κ1) is 62.4. The van der Waals surface area contributed by atoms with Gasteiger partial charge in [-0.15, -0.1) is 0 Å². The predicted octanol–water partition coefficient (Wildman–Crippen LogP) is 28.3. The van der Waals surface area contributed by atoms with Crippen molar-refractivity contribution in [2.75, 3.05) is 0 Å². The van der Waals surface area contributed by atoms with Crippen LogP contribution >= 0.6 is 0 Å². The Morgan fingerprint density at radius 3 is 0.964 bits per heavy atom. The number of fused-ring (bicyclic) bond motifs is 24. The number of para-hydroxylation sites is 2. The Hall–Kier alpha value is -13.8. The van der Waals surface area contributed by atoms with Crippen LogP contribution in [0.3, 0.4) is 0 Å². The summed E-state index contributed by atoms with van der Waals surface area (Å²) in [7, 11) is 0. The lowest BCUT2D eigenvalue weighted by atomic mass is 9.81. The molecule has 0 aliphatic heterocycles. The van der Waals surface area contributed by atoms with E-state index in [9.17, 15) is 0 Å². The van der Waals surface area contributed by atoms with E-state index in [0.717, 1.165) is 0 Å². The molecule has 4 nitrogen and oxygen atoms in total. The Morgan fingerprint density at radius 1 is 0.191 bits per heavy atom. The van der Waals surface area contributed by atoms with Crippen LogP contribution in [0.5, 0.6) is 0 Å². The van der Waals surface area contributed by atoms with Crippen LogP contribution in [0.4, 0.5) is 0 Å². The fraction of sp³-hybridized carbons (Fsp3) is 0.0566. The van der Waals surface area contributed by atoms with Crippen molar-refractivity contribution in [2.45, 2.75) is 38.5 Å². The van der Waals surface area contributed by atoms with Gasteiger partial charge in [0.1, 0.15) is 0 Å². The van der Waals surface area contributed by atoms with Crippen molar-refractivity contribution in [2.24, 2.45) is 0 Å². The molecule has 0 spiro atoms. The first-order valence-corrected chi connectivity index (χ1v) is 38.6. The van der Waals surface area contributed by atoms with E-state index in [1.807, 2.05) is 0 Å². The van der Waals surface area contributed by atoms with Gasteiger partial charge in [0.2, 0.25) is 0 Å². The lowest BCUT2D eigenvalue weighted by Crippen LogP contribution is -2.16. The van der Waals surface area contributed by atoms with Crippen molar-refractivity contribution in [3.05, 3.63) is 386 Å². The van der Waals surface area contributed by atoms with Crippen LogP contribution in [-0.4, -0.2) is 18.3 Å². The number of aromatic nitrogens is 4. The van der Waals surface area contributed by atoms with Gasteiger partial charge in [-0.2, -0.15) is 0 Å². The van der Waals surface area contributed by atoms with Gasteiger partial charge in [0.25, 0.3) is 0 Å². The molecule has 0 saturated heterocycles. The van der Waals surface area contributed by atoms with Crippen molar-refractivity contribution >= 4 is 130 Å². The minimum Gasteiger partial charge on any atom is -0.309 e. The second-order valence-corrected chi connectivity index (χ2v) is 31.4. The number of hydrogen-bond acceptors (Lipinski definition) is 0. The third kappa shape index (κ3) is 8.84. The van der Waals surface area contributed by atoms with Gasteiger partial charge in [-0.1, -0.05) is 307 Å². The van der Waals surface area contributed by atoms with Crippen molar-refractivity contribution < 1.29 is 0 Å². The average molecular weight is 1400 g/mol. The Balaban J connectivity index is 0.000000132. The molecule has 0 fully saturated rings. The lowest BCUT2D eigenvalue weighted by molar-refractivity contribution is 0.661. The molecule has 4 heteroatoms. The van der Waals surface area contributed by atoms with E-state index in [4.69, 9.17) is 0 Å². The summed E-state index contributed by atoms with van der Waals surface area (Å²) in [6, 6.07) is 135. The van der Waals surface area contributed by atoms with Crippen LogP contribution < -0.4 is 0 Å². The van der Waals surface area contributed by atoms with E-state index in [1.165, 1.54) is 220 Å². The van der Waals surface area contributed by atoms with Crippen LogP contribution in [0.1, 0.15) is 49.9 Å². The highest BCUT2D eigenvalue weighted by molar-refractivity contribution is 6.20. The Labute approximate surface area is 636 Å². The normalized spacial score (nSPS) is 13.4. The molecule has 0 N–H and O–H groups in total. The fourth-order valence-corrected chi connectivity index (χ4v) is 20.0. The van der Waals surface area contributed by atoms with E-state index in [2.05, 4.69) is 410 Å². The number of hydrogen-bond donors (Lipinski definition) is 0. The van der Waals surface area contributed by atoms with Gasteiger partial charge in [0, 0.05) is 81.0 Å². The molecule has 4 aromatic heterocycles. The van der Waals surface area contributed by atoms with Crippen LogP contribution in [0, 0.1) is 0 Å². The second kappa shape index (κ2) is 23.4. The smallest absolute Gasteiger partial charge is 0.0622 e. The molecule has 0 amide bonds. The first-order valence-electron chi connectivity index (χ1n) is 38.6. The van der Waals surface area contributed by atoms with E-state index in [0.29, 0.717) is 0 Å². The standard InChI is InChI=1S/2C53H36N2/c1-53(2)44-21-9-7-20-41(44)51-45(53)28-27-40-43-32-36(26-30-50(43)55(52(40)51)47-24-12-16-34-14-4-6-18-38(34)47)35-25-29-49-42(31-35)39-19-8-10-22-48(39)54(49)46-23-11-15-33-13-3-5-17-37(33)46;1-53(2)45-21-9-7-19-39(45)41-27-28-42-44-32-36(26-30-50(44)55(52(42)51(41)53)47-24-12-16-34-14-4-6-18-38(34)47)35-25-29-49-43(31-35)40-20-8-10-22-48(40)54(49)46-23-11-15-33-13-3-5-17-37(33)46/h2*3-32H,1-2H3. The lowest BCUT2D eigenvalue weighted by Gasteiger charge is -2.24. The number of rotatable bonds is 6. The zero-order valence-electron chi connectivity index (χ0n) is 61.4. The van der Waals surface area contributed by atoms with Crippen LogP contribution in [-0.2, 0) is 10.8 Å². The molecule has 0 unspecified atom stereocenters. The third-order valence-corrected chi connectivity index (χ3v) is 25.0. The molecule has 18 aromatic carbocycles. The van der Waals surface area contributed by atoms with Gasteiger partial charge in [-0.3, -0.25) is 0 Å². The Morgan fingerprint density at radius 2 is 0.509 bits per heavy atom. The molecule has 0 bridgehead atoms. The SMILES string of the molecule is CC1(C)c2ccccc2-c2c1ccc1c3cc(-c4ccc5c(c4)c4ccccc4n5-c4cccc5ccccc45)ccc3n(-c3cccc4ccccc34)c21.CC1(C)c2ccccc2-c2ccc3c4cc(-c5ccc6c(c5)c5ccccc5n6-c5cccc6ccccc56)ccc4n(-c4cccc5ccccc45)c3c21. The van der Waals surface area contributed by atoms with Gasteiger partial charge >= 0.3 is 0 Å². The van der Waals surface area contributed by atoms with Crippen LogP contribution in [0.15, 0.2) is 364 Å². The summed E-state index contributed by atoms with van der Waals surface area (Å²) in [6.45, 7) is 9.55. The monoisotopic (exact) mass is 1400 g/mol. The van der Waals surface area contributed by atoms with Gasteiger partial charge < -0.3 is 18.3 Å². The maximum absolute atomic E-state index is 2.56. The molecule has 0 atom stereocenters. The molecule has 24 rings (SSSR count). The predicted molar refractivity (Wildman–Crippen MR) is 466 cm³/mol. The topological polar surface area (TPSA) is 19.7 Å². The van der Waals surface area contributed by atoms with E-state index >= 15 is 0 Å². The summed E-state index contributed by atoms with van der Waals surface area (Å²) in [5, 5.41) is 20.2. The van der Waals surface area contributed by atoms with Gasteiger partial charge in [0.15, 0.2) is 0 Å². The van der Waals surface area contributed by atoms with Crippen molar-refractivity contribution in [3.63, 3.8) is 0 Å². The highest BCUT2D eigenvalue weighted by atomic mass is 15.0. The summed E-state index contributed by atoms with van der Waals surface area (Å²) in [5.74, 6) is 0. The molecule has 2 aliphatic rings. The maximum Gasteiger partial charge on any atom is 0.0622 e. The molecule has 110 heavy (non-hydrogen) atoms. The quantitative estimate of drug-likeness (QED) is 0.158. The van der Waals surface area contributed by atoms with Crippen LogP contribution in [0.25, 0.3) is 198 Å². The molecule has 0 saturated carbocycles. The zero-order chi connectivity index (χ0) is 72.8. The molecule has 0 radical (unpaired) electrons. The Bertz CT molecular complexity index is 7710. The molecular formula is C106H72N4. The van der Waals surface area contributed by atoms with Gasteiger partial charge in [-0.05, 0) is 168 Å². The summed E-state index contributed by atoms with van der Waals surface area (Å²) in [6.07, 6.45) is 0. The molecular weight excluding hydrogens is 1330 g/mol. The maximum atomic E-state index is 2.56. The largest absolute Gasteiger partial charge is 0.309 e. The summed E-state index contributed by atoms with van der Waals surface area (Å²) in [5.41, 5.74) is 30.3. The molecule has 2 aliphatic carbocycles. The highest BCUT2D eigenvalue weighted by Gasteiger charge is 2.40. The third-order valence-electron chi connectivity index (χ3n) is 25.0. The zero-order valence-corrected chi connectivity index (χ0v) is 61.4. The minimum absolute atomic E-state index is 0.0913. The van der Waals surface area contributed by atoms with Crippen LogP contribution in [0.2, 0.25) is 0 Å². The average Bonchev–Trinajstić information content (AvgIpc) is 1.53. The van der Waals surface area contributed by atoms with Gasteiger partial charge in [0.05, 0.1) is 66.9 Å². The summed E-state index contributed by atoms with van der Waals surface area (Å²) < 4.78 is 9.99. The minimum atomic E-state index is -0.158. The Kier molecular flexibility index (Phi) is 13.2. The number of nitrogens with zero attached hydrogens (tertiary/aromatic N) is 4. The highest BCUT2D eigenvalue weighted by Crippen LogP contribution is 2.56. The second-order valence-electron chi connectivity index (χ2n) is 31.4. The number of benzene rings is 18. The fourth-order valence-electron chi connectivity index (χ4n) is 20.0. The van der Waals surface area contributed by atoms with E-state index in [-0.39, 0.29) is 10.8 Å². The van der Waals surface area contributed by atoms with E-state index in [1.54, 1.807) is 0 Å². The molecule has 516 valence electrons. The van der Waals surface area contributed by atoms with Crippen molar-refractivity contribution in [1.29, 1.82) is 0 Å². The van der Waals surface area contributed by atoms with Crippen molar-refractivity contribution in [3.8, 4) is 67.3 Å². The first-order chi connectivity index (χ1) is 54.1. The molecule has 22 aromatic rings. The van der Waals surface area contributed by atoms with Gasteiger partial charge in [-0.25, -0.2) is 0 Å². The summed E-state index contributed by atoms with van der Waals surface area (Å²) in [4.78, 5) is 0. The van der Waals surface area contributed by atoms with E-state index < -0.39 is 0 Å². The summed E-state index contributed by atoms with van der Waals surface area (Å²) >= 11 is 0. The van der Waals surface area contributed by atoms with Crippen molar-refractivity contribution in [1.82, 2.24) is 18.3 Å².